The molecule has 0 aliphatic carbocycles. The third-order valence-corrected chi connectivity index (χ3v) is 5.31. The minimum Gasteiger partial charge on any atom is -0.481 e. The summed E-state index contributed by atoms with van der Waals surface area (Å²) >= 11 is 1.41. The number of aliphatic carboxylic acids is 1. The molecule has 0 aliphatic heterocycles. The number of thiophene rings is 1. The first kappa shape index (κ1) is 20.3. The topological polar surface area (TPSA) is 95.5 Å². The van der Waals surface area contributed by atoms with Gasteiger partial charge in [-0.25, -0.2) is 0 Å². The van der Waals surface area contributed by atoms with Crippen molar-refractivity contribution >= 4 is 39.8 Å². The monoisotopic (exact) mass is 408 g/mol. The van der Waals surface area contributed by atoms with Crippen LogP contribution in [0, 0.1) is 0 Å². The summed E-state index contributed by atoms with van der Waals surface area (Å²) < 4.78 is 0. The van der Waals surface area contributed by atoms with Crippen LogP contribution >= 0.6 is 11.3 Å². The normalized spacial score (nSPS) is 11.0. The molecule has 7 heteroatoms. The lowest BCUT2D eigenvalue weighted by atomic mass is 9.84. The van der Waals surface area contributed by atoms with Gasteiger partial charge in [-0.15, -0.1) is 11.3 Å². The fourth-order valence-electron chi connectivity index (χ4n) is 2.65. The van der Waals surface area contributed by atoms with Gasteiger partial charge in [0.05, 0.1) is 10.4 Å². The highest BCUT2D eigenvalue weighted by molar-refractivity contribution is 7.14. The number of carboxylic acids is 1. The number of anilines is 2. The average Bonchev–Trinajstić information content (AvgIpc) is 3.21. The van der Waals surface area contributed by atoms with Gasteiger partial charge >= 0.3 is 5.97 Å². The number of benzene rings is 2. The Bertz CT molecular complexity index is 1060. The Morgan fingerprint density at radius 2 is 1.52 bits per heavy atom. The zero-order chi connectivity index (χ0) is 21.0. The molecule has 6 nitrogen and oxygen atoms in total. The van der Waals surface area contributed by atoms with Crippen molar-refractivity contribution in [2.24, 2.45) is 0 Å². The van der Waals surface area contributed by atoms with Gasteiger partial charge in [-0.3, -0.25) is 14.4 Å². The molecule has 2 aromatic carbocycles. The minimum atomic E-state index is -1.08. The van der Waals surface area contributed by atoms with E-state index >= 15 is 0 Å². The fraction of sp³-hybridized carbons (Fsp3) is 0.136. The number of hydrogen-bond acceptors (Lipinski definition) is 4. The number of nitrogens with one attached hydrogen (secondary N) is 2. The van der Waals surface area contributed by atoms with Gasteiger partial charge in [-0.05, 0) is 67.3 Å². The average molecular weight is 408 g/mol. The van der Waals surface area contributed by atoms with E-state index in [1.54, 1.807) is 62.4 Å². The maximum Gasteiger partial charge on any atom is 0.313 e. The van der Waals surface area contributed by atoms with Crippen molar-refractivity contribution in [3.63, 3.8) is 0 Å². The number of amides is 2. The number of hydrogen-bond donors (Lipinski definition) is 3. The molecule has 3 N–H and O–H groups in total. The molecule has 0 fully saturated rings. The second-order valence-corrected chi connectivity index (χ2v) is 7.93. The predicted octanol–water partition coefficient (Wildman–Crippen LogP) is 4.61. The molecular weight excluding hydrogens is 388 g/mol. The number of carbonyl (C=O) groups is 3. The van der Waals surface area contributed by atoms with Gasteiger partial charge in [-0.2, -0.15) is 0 Å². The summed E-state index contributed by atoms with van der Waals surface area (Å²) in [6.07, 6.45) is 0. The molecule has 1 heterocycles. The van der Waals surface area contributed by atoms with Gasteiger partial charge in [0, 0.05) is 16.8 Å². The van der Waals surface area contributed by atoms with Crippen LogP contribution in [0.4, 0.5) is 10.7 Å². The predicted molar refractivity (Wildman–Crippen MR) is 114 cm³/mol. The van der Waals surface area contributed by atoms with Crippen molar-refractivity contribution in [1.29, 1.82) is 0 Å². The molecule has 2 amide bonds. The van der Waals surface area contributed by atoms with E-state index in [0.717, 1.165) is 5.00 Å². The third kappa shape index (κ3) is 4.70. The number of carbonyl (C=O) groups excluding carboxylic acids is 2. The van der Waals surface area contributed by atoms with Crippen LogP contribution in [-0.4, -0.2) is 22.9 Å². The lowest BCUT2D eigenvalue weighted by Gasteiger charge is -2.20. The molecule has 0 radical (unpaired) electrons. The van der Waals surface area contributed by atoms with Crippen molar-refractivity contribution in [2.75, 3.05) is 10.6 Å². The van der Waals surface area contributed by atoms with Gasteiger partial charge < -0.3 is 15.7 Å². The SMILES string of the molecule is CC(C)(C(=O)O)c1cccc(NC(=O)c2cccc(C(=O)Nc3cccs3)c2)c1. The minimum absolute atomic E-state index is 0.299. The van der Waals surface area contributed by atoms with Crippen molar-refractivity contribution < 1.29 is 19.5 Å². The Balaban J connectivity index is 1.76. The second kappa shape index (κ2) is 8.28. The summed E-state index contributed by atoms with van der Waals surface area (Å²) in [7, 11) is 0. The highest BCUT2D eigenvalue weighted by Gasteiger charge is 2.29. The van der Waals surface area contributed by atoms with Crippen LogP contribution in [0.25, 0.3) is 0 Å². The Labute approximate surface area is 172 Å². The van der Waals surface area contributed by atoms with Crippen LogP contribution in [0.15, 0.2) is 66.0 Å². The lowest BCUT2D eigenvalue weighted by Crippen LogP contribution is -2.28. The van der Waals surface area contributed by atoms with Crippen LogP contribution in [-0.2, 0) is 10.2 Å². The highest BCUT2D eigenvalue weighted by atomic mass is 32.1. The van der Waals surface area contributed by atoms with Crippen LogP contribution in [0.1, 0.15) is 40.1 Å². The van der Waals surface area contributed by atoms with Crippen molar-refractivity contribution in [1.82, 2.24) is 0 Å². The van der Waals surface area contributed by atoms with Crippen LogP contribution in [0.3, 0.4) is 0 Å². The Morgan fingerprint density at radius 1 is 0.862 bits per heavy atom. The van der Waals surface area contributed by atoms with E-state index in [-0.39, 0.29) is 11.8 Å². The first-order chi connectivity index (χ1) is 13.8. The summed E-state index contributed by atoms with van der Waals surface area (Å²) in [4.78, 5) is 36.5. The van der Waals surface area contributed by atoms with Crippen LogP contribution < -0.4 is 10.6 Å². The van der Waals surface area contributed by atoms with Crippen molar-refractivity contribution in [3.8, 4) is 0 Å². The summed E-state index contributed by atoms with van der Waals surface area (Å²) in [6.45, 7) is 3.21. The number of carboxylic acid groups (broad SMARTS) is 1. The molecule has 0 saturated carbocycles. The smallest absolute Gasteiger partial charge is 0.313 e. The third-order valence-electron chi connectivity index (χ3n) is 4.52. The maximum atomic E-state index is 12.6. The first-order valence-electron chi connectivity index (χ1n) is 8.87. The Hall–Kier alpha value is -3.45. The van der Waals surface area contributed by atoms with E-state index < -0.39 is 11.4 Å². The molecule has 3 rings (SSSR count). The zero-order valence-electron chi connectivity index (χ0n) is 15.9. The molecule has 29 heavy (non-hydrogen) atoms. The van der Waals surface area contributed by atoms with E-state index in [9.17, 15) is 19.5 Å². The molecular formula is C22H20N2O4S. The standard InChI is InChI=1S/C22H20N2O4S/c1-22(2,21(27)28)16-8-4-9-17(13-16)23-19(25)14-6-3-7-15(12-14)20(26)24-18-10-5-11-29-18/h3-13H,1-2H3,(H,23,25)(H,24,26)(H,27,28). The molecule has 148 valence electrons. The quantitative estimate of drug-likeness (QED) is 0.555. The second-order valence-electron chi connectivity index (χ2n) is 6.98. The molecule has 0 unspecified atom stereocenters. The lowest BCUT2D eigenvalue weighted by molar-refractivity contribution is -0.142. The highest BCUT2D eigenvalue weighted by Crippen LogP contribution is 2.26. The van der Waals surface area contributed by atoms with E-state index in [1.807, 2.05) is 11.4 Å². The zero-order valence-corrected chi connectivity index (χ0v) is 16.7. The summed E-state index contributed by atoms with van der Waals surface area (Å²) in [5.74, 6) is -1.64. The molecule has 0 saturated heterocycles. The van der Waals surface area contributed by atoms with E-state index in [2.05, 4.69) is 10.6 Å². The summed E-state index contributed by atoms with van der Waals surface area (Å²) in [6, 6.07) is 16.8. The Kier molecular flexibility index (Phi) is 5.79. The van der Waals surface area contributed by atoms with E-state index in [0.29, 0.717) is 22.4 Å². The van der Waals surface area contributed by atoms with Crippen molar-refractivity contribution in [3.05, 3.63) is 82.7 Å². The molecule has 0 spiro atoms. The molecule has 0 atom stereocenters. The van der Waals surface area contributed by atoms with Gasteiger partial charge in [0.1, 0.15) is 0 Å². The molecule has 0 aliphatic rings. The number of rotatable bonds is 6. The molecule has 3 aromatic rings. The van der Waals surface area contributed by atoms with Gasteiger partial charge in [0.25, 0.3) is 11.8 Å². The summed E-state index contributed by atoms with van der Waals surface area (Å²) in [5.41, 5.74) is 0.668. The molecule has 0 bridgehead atoms. The maximum absolute atomic E-state index is 12.6. The van der Waals surface area contributed by atoms with E-state index in [4.69, 9.17) is 0 Å². The van der Waals surface area contributed by atoms with Gasteiger partial charge in [0.15, 0.2) is 0 Å². The summed E-state index contributed by atoms with van der Waals surface area (Å²) in [5, 5.41) is 17.5. The fourth-order valence-corrected chi connectivity index (χ4v) is 3.26. The molecule has 1 aromatic heterocycles. The van der Waals surface area contributed by atoms with Crippen LogP contribution in [0.2, 0.25) is 0 Å². The van der Waals surface area contributed by atoms with Crippen molar-refractivity contribution in [2.45, 2.75) is 19.3 Å². The van der Waals surface area contributed by atoms with Gasteiger partial charge in [0.2, 0.25) is 0 Å². The first-order valence-corrected chi connectivity index (χ1v) is 9.75. The Morgan fingerprint density at radius 3 is 2.14 bits per heavy atom. The van der Waals surface area contributed by atoms with Crippen LogP contribution in [0.5, 0.6) is 0 Å². The van der Waals surface area contributed by atoms with E-state index in [1.165, 1.54) is 17.4 Å². The van der Waals surface area contributed by atoms with Gasteiger partial charge in [-0.1, -0.05) is 18.2 Å². The largest absolute Gasteiger partial charge is 0.481 e.